The molecule has 14 atom stereocenters. The second-order valence-electron chi connectivity index (χ2n) is 22.2. The van der Waals surface area contributed by atoms with Crippen LogP contribution >= 0.6 is 0 Å². The maximum atomic E-state index is 14.5. The van der Waals surface area contributed by atoms with Gasteiger partial charge in [-0.15, -0.1) is 0 Å². The second kappa shape index (κ2) is 39.7. The monoisotopic (exact) mass is 1220 g/mol. The molecular formula is C56H98N16O14. The van der Waals surface area contributed by atoms with Gasteiger partial charge in [0.15, 0.2) is 0 Å². The highest BCUT2D eigenvalue weighted by Crippen LogP contribution is 2.14. The van der Waals surface area contributed by atoms with Gasteiger partial charge in [-0.3, -0.25) is 52.7 Å². The number of aliphatic hydroxyl groups is 3. The zero-order chi connectivity index (χ0) is 64.6. The molecule has 24 N–H and O–H groups in total. The number of benzene rings is 1. The highest BCUT2D eigenvalue weighted by molar-refractivity contribution is 5.99. The SMILES string of the molecule is CCC(C)CCC(O)CC(=O)N[C@@H](CCN)C(=O)N[C@H](C(=O)N[C@@H](CCN)C(=O)N[C@H]1CCNC(=O)[C@H]([C@@H](C)O)NC(=O)[C@H](CCN)NC(=O)[C@H](CCN)NC(=O)[C@H](CC(C)C)NC(=O)[C@@H](Cc2ccccc2)NC(=O)[C@H](CCN)NC1=O)[C@@H](C)O. The molecule has 30 nitrogen and oxygen atoms in total. The van der Waals surface area contributed by atoms with Crippen molar-refractivity contribution in [2.75, 3.05) is 39.3 Å². The summed E-state index contributed by atoms with van der Waals surface area (Å²) in [4.78, 5) is 154. The molecule has 0 radical (unpaired) electrons. The molecule has 0 spiro atoms. The Labute approximate surface area is 503 Å². The lowest BCUT2D eigenvalue weighted by atomic mass is 9.99. The largest absolute Gasteiger partial charge is 0.393 e. The first kappa shape index (κ1) is 75.2. The van der Waals surface area contributed by atoms with E-state index >= 15 is 0 Å². The minimum atomic E-state index is -1.76. The summed E-state index contributed by atoms with van der Waals surface area (Å²) in [5.41, 5.74) is 29.9. The molecule has 86 heavy (non-hydrogen) atoms. The Morgan fingerprint density at radius 3 is 1.55 bits per heavy atom. The van der Waals surface area contributed by atoms with E-state index in [1.54, 1.807) is 44.2 Å². The zero-order valence-corrected chi connectivity index (χ0v) is 50.5. The average molecular weight is 1220 g/mol. The Hall–Kier alpha value is -6.93. The van der Waals surface area contributed by atoms with Crippen molar-refractivity contribution in [3.8, 4) is 0 Å². The molecule has 0 aromatic heterocycles. The average Bonchev–Trinajstić information content (AvgIpc) is 3.18. The van der Waals surface area contributed by atoms with Gasteiger partial charge in [0, 0.05) is 13.0 Å². The molecule has 1 fully saturated rings. The minimum Gasteiger partial charge on any atom is -0.393 e. The summed E-state index contributed by atoms with van der Waals surface area (Å²) in [6, 6.07) is -6.55. The number of hydrogen-bond donors (Lipinski definition) is 19. The quantitative estimate of drug-likeness (QED) is 0.0355. The number of hydrogen-bond acceptors (Lipinski definition) is 19. The molecule has 1 heterocycles. The van der Waals surface area contributed by atoms with E-state index in [0.717, 1.165) is 6.42 Å². The van der Waals surface area contributed by atoms with Crippen molar-refractivity contribution in [2.45, 2.75) is 197 Å². The fraction of sp³-hybridized carbons (Fsp3) is 0.696. The van der Waals surface area contributed by atoms with Gasteiger partial charge in [0.25, 0.3) is 0 Å². The molecule has 30 heteroatoms. The molecule has 2 rings (SSSR count). The van der Waals surface area contributed by atoms with Gasteiger partial charge in [0.2, 0.25) is 65.0 Å². The van der Waals surface area contributed by atoms with Crippen LogP contribution in [0.5, 0.6) is 0 Å². The van der Waals surface area contributed by atoms with E-state index in [-0.39, 0.29) is 90.0 Å². The normalized spacial score (nSPS) is 23.2. The summed E-state index contributed by atoms with van der Waals surface area (Å²) in [7, 11) is 0. The molecule has 1 aliphatic rings. The summed E-state index contributed by atoms with van der Waals surface area (Å²) in [5, 5.41) is 59.9. The van der Waals surface area contributed by atoms with Crippen molar-refractivity contribution in [2.24, 2.45) is 40.5 Å². The number of nitrogens with two attached hydrogens (primary N) is 5. The smallest absolute Gasteiger partial charge is 0.245 e. The topological polar surface area (TPSA) is 511 Å². The number of amides is 11. The summed E-state index contributed by atoms with van der Waals surface area (Å²) < 4.78 is 0. The third kappa shape index (κ3) is 26.8. The van der Waals surface area contributed by atoms with Crippen LogP contribution in [0.15, 0.2) is 30.3 Å². The van der Waals surface area contributed by atoms with E-state index in [1.165, 1.54) is 13.8 Å². The van der Waals surface area contributed by atoms with Crippen molar-refractivity contribution in [1.29, 1.82) is 0 Å². The number of aliphatic hydroxyl groups excluding tert-OH is 3. The first-order valence-electron chi connectivity index (χ1n) is 29.6. The lowest BCUT2D eigenvalue weighted by Crippen LogP contribution is -2.62. The van der Waals surface area contributed by atoms with Crippen molar-refractivity contribution in [3.63, 3.8) is 0 Å². The minimum absolute atomic E-state index is 0.0383. The van der Waals surface area contributed by atoms with E-state index in [0.29, 0.717) is 24.3 Å². The van der Waals surface area contributed by atoms with Crippen LogP contribution < -0.4 is 87.2 Å². The maximum absolute atomic E-state index is 14.5. The number of carbonyl (C=O) groups is 11. The van der Waals surface area contributed by atoms with Crippen LogP contribution in [0.3, 0.4) is 0 Å². The van der Waals surface area contributed by atoms with E-state index in [9.17, 15) is 68.1 Å². The molecule has 1 saturated heterocycles. The van der Waals surface area contributed by atoms with E-state index in [4.69, 9.17) is 28.7 Å². The third-order valence-corrected chi connectivity index (χ3v) is 14.3. The van der Waals surface area contributed by atoms with E-state index < -0.39 is 157 Å². The lowest BCUT2D eigenvalue weighted by Gasteiger charge is -2.29. The molecule has 1 aliphatic heterocycles. The van der Waals surface area contributed by atoms with Crippen molar-refractivity contribution in [3.05, 3.63) is 35.9 Å². The highest BCUT2D eigenvalue weighted by atomic mass is 16.3. The molecule has 0 saturated carbocycles. The van der Waals surface area contributed by atoms with Gasteiger partial charge >= 0.3 is 0 Å². The molecule has 1 aromatic rings. The van der Waals surface area contributed by atoms with Crippen LogP contribution in [-0.4, -0.2) is 198 Å². The van der Waals surface area contributed by atoms with Crippen LogP contribution in [0.4, 0.5) is 0 Å². The summed E-state index contributed by atoms with van der Waals surface area (Å²) in [6.45, 7) is 8.65. The molecule has 0 bridgehead atoms. The Morgan fingerprint density at radius 1 is 0.558 bits per heavy atom. The number of rotatable bonds is 29. The van der Waals surface area contributed by atoms with Gasteiger partial charge in [-0.2, -0.15) is 0 Å². The van der Waals surface area contributed by atoms with Gasteiger partial charge in [-0.1, -0.05) is 64.4 Å². The molecular weight excluding hydrogens is 1120 g/mol. The molecule has 2 unspecified atom stereocenters. The predicted molar refractivity (Wildman–Crippen MR) is 318 cm³/mol. The Bertz CT molecular complexity index is 2350. The molecule has 486 valence electrons. The van der Waals surface area contributed by atoms with Crippen LogP contribution in [0, 0.1) is 11.8 Å². The molecule has 1 aromatic carbocycles. The van der Waals surface area contributed by atoms with Crippen LogP contribution in [0.2, 0.25) is 0 Å². The fourth-order valence-corrected chi connectivity index (χ4v) is 9.12. The van der Waals surface area contributed by atoms with E-state index in [2.05, 4.69) is 58.5 Å². The zero-order valence-electron chi connectivity index (χ0n) is 50.5. The number of carbonyl (C=O) groups excluding carboxylic acids is 11. The summed E-state index contributed by atoms with van der Waals surface area (Å²) >= 11 is 0. The van der Waals surface area contributed by atoms with Gasteiger partial charge in [-0.25, -0.2) is 0 Å². The Balaban J connectivity index is 2.68. The van der Waals surface area contributed by atoms with Gasteiger partial charge < -0.3 is 102 Å². The van der Waals surface area contributed by atoms with Crippen molar-refractivity contribution < 1.29 is 68.1 Å². The highest BCUT2D eigenvalue weighted by Gasteiger charge is 2.38. The third-order valence-electron chi connectivity index (χ3n) is 14.3. The summed E-state index contributed by atoms with van der Waals surface area (Å²) in [6.07, 6.45) is -4.15. The first-order chi connectivity index (χ1) is 40.7. The number of nitrogens with one attached hydrogen (secondary N) is 11. The van der Waals surface area contributed by atoms with Gasteiger partial charge in [0.1, 0.15) is 60.4 Å². The van der Waals surface area contributed by atoms with E-state index in [1.807, 2.05) is 13.8 Å². The van der Waals surface area contributed by atoms with Gasteiger partial charge in [0.05, 0.1) is 24.7 Å². The predicted octanol–water partition coefficient (Wildman–Crippen LogP) is -6.27. The lowest BCUT2D eigenvalue weighted by molar-refractivity contribution is -0.137. The Kier molecular flexibility index (Phi) is 34.7. The summed E-state index contributed by atoms with van der Waals surface area (Å²) in [5.74, 6) is -10.1. The maximum Gasteiger partial charge on any atom is 0.245 e. The standard InChI is InChI=1S/C56H98N16O14/c1-7-31(4)13-14-35(75)29-44(76)63-36(15-21-57)51(81)72-46(33(6)74)56(86)68-39(18-24-60)48(78)67-41-20-26-62-55(85)45(32(5)73)71-52(82)40(19-25-61)65-47(77)37(16-22-58)66-53(83)42(27-30(2)3)69-54(84)43(28-34-11-9-8-10-12-34)70-49(79)38(17-23-59)64-50(41)80/h8-12,30-33,35-43,45-46,73-75H,7,13-29,57-61H2,1-6H3,(H,62,85)(H,63,76)(H,64,80)(H,65,77)(H,66,83)(H,67,78)(H,68,86)(H,69,84)(H,70,79)(H,71,82)(H,72,81)/t31?,32-,33-,35?,36+,37+,38+,39+,40+,41+,42+,43-,45+,46+/m1/s1. The van der Waals surface area contributed by atoms with Crippen LogP contribution in [0.1, 0.15) is 118 Å². The first-order valence-corrected chi connectivity index (χ1v) is 29.6. The second-order valence-corrected chi connectivity index (χ2v) is 22.2. The van der Waals surface area contributed by atoms with Crippen LogP contribution in [0.25, 0.3) is 0 Å². The van der Waals surface area contributed by atoms with Crippen LogP contribution in [-0.2, 0) is 59.2 Å². The molecule has 11 amide bonds. The fourth-order valence-electron chi connectivity index (χ4n) is 9.12. The van der Waals surface area contributed by atoms with Crippen molar-refractivity contribution in [1.82, 2.24) is 58.5 Å². The van der Waals surface area contributed by atoms with Crippen molar-refractivity contribution >= 4 is 65.0 Å². The van der Waals surface area contributed by atoms with Gasteiger partial charge in [-0.05, 0) is 122 Å². The molecule has 0 aliphatic carbocycles. The Morgan fingerprint density at radius 2 is 1.05 bits per heavy atom.